The highest BCUT2D eigenvalue weighted by atomic mass is 16.4. The number of carbonyl (C=O) groups is 2. The Morgan fingerprint density at radius 2 is 1.83 bits per heavy atom. The summed E-state index contributed by atoms with van der Waals surface area (Å²) in [6.45, 7) is 8.44. The average Bonchev–Trinajstić information content (AvgIpc) is 3.76. The number of fused-ring (bicyclic) bond motifs is 2. The predicted molar refractivity (Wildman–Crippen MR) is 147 cm³/mol. The Balaban J connectivity index is 1.05. The van der Waals surface area contributed by atoms with Crippen LogP contribution in [0.5, 0.6) is 0 Å². The molecule has 3 aliphatic rings. The van der Waals surface area contributed by atoms with Crippen LogP contribution in [0.2, 0.25) is 0 Å². The van der Waals surface area contributed by atoms with Gasteiger partial charge in [-0.3, -0.25) is 4.79 Å². The van der Waals surface area contributed by atoms with Gasteiger partial charge in [0.15, 0.2) is 17.2 Å². The Kier molecular flexibility index (Phi) is 5.70. The number of pyridine rings is 2. The first-order valence-corrected chi connectivity index (χ1v) is 13.8. The van der Waals surface area contributed by atoms with E-state index in [4.69, 9.17) is 0 Å². The number of amides is 1. The van der Waals surface area contributed by atoms with E-state index in [1.807, 2.05) is 24.1 Å². The van der Waals surface area contributed by atoms with Crippen LogP contribution in [-0.4, -0.2) is 101 Å². The standard InChI is InChI=1S/C27H31N11O3/c1-16-9-19(35-8-7-27(2,15-35)26-30-33-34(3)32-26)14-38-23(16)29-22(31-38)24(39)37-12-17-10-36(11-18(17)13-37)21-6-4-5-20(28-21)25(40)41/h4-6,9,14,17-18H,7-8,10-13,15H2,1-3H3,(H,40,41)/t17-,18+,27?. The summed E-state index contributed by atoms with van der Waals surface area (Å²) in [5.74, 6) is 0.982. The SMILES string of the molecule is Cc1cc(N2CCC(C)(c3nnn(C)n3)C2)cn2nc(C(=O)N3C[C@@H]4CN(c5cccc(C(=O)O)n5)C[C@@H]4C3)nc12. The molecule has 1 amide bonds. The van der Waals surface area contributed by atoms with Gasteiger partial charge in [-0.15, -0.1) is 15.3 Å². The third kappa shape index (κ3) is 4.33. The third-order valence-electron chi connectivity index (χ3n) is 8.73. The van der Waals surface area contributed by atoms with Crippen molar-refractivity contribution >= 4 is 29.0 Å². The number of likely N-dealkylation sites (tertiary alicyclic amines) is 1. The van der Waals surface area contributed by atoms with Crippen LogP contribution in [0.15, 0.2) is 30.5 Å². The summed E-state index contributed by atoms with van der Waals surface area (Å²) in [5, 5.41) is 26.6. The van der Waals surface area contributed by atoms with Crippen LogP contribution in [0.4, 0.5) is 11.5 Å². The van der Waals surface area contributed by atoms with Crippen molar-refractivity contribution in [3.63, 3.8) is 0 Å². The van der Waals surface area contributed by atoms with Gasteiger partial charge in [-0.1, -0.05) is 13.0 Å². The Bertz CT molecular complexity index is 1670. The van der Waals surface area contributed by atoms with E-state index in [0.717, 1.165) is 49.7 Å². The molecule has 0 saturated carbocycles. The van der Waals surface area contributed by atoms with Gasteiger partial charge >= 0.3 is 5.97 Å². The molecule has 4 aromatic heterocycles. The van der Waals surface area contributed by atoms with E-state index >= 15 is 0 Å². The normalized spacial score (nSPS) is 24.0. The number of rotatable bonds is 5. The maximum atomic E-state index is 13.5. The summed E-state index contributed by atoms with van der Waals surface area (Å²) in [6, 6.07) is 7.14. The van der Waals surface area contributed by atoms with Crippen molar-refractivity contribution in [2.45, 2.75) is 25.7 Å². The van der Waals surface area contributed by atoms with E-state index in [9.17, 15) is 14.7 Å². The minimum Gasteiger partial charge on any atom is -0.477 e. The lowest BCUT2D eigenvalue weighted by Crippen LogP contribution is -2.34. The number of aromatic carboxylic acids is 1. The minimum atomic E-state index is -1.04. The Morgan fingerprint density at radius 1 is 1.05 bits per heavy atom. The molecule has 4 aromatic rings. The van der Waals surface area contributed by atoms with Crippen molar-refractivity contribution in [3.8, 4) is 0 Å². The molecular weight excluding hydrogens is 526 g/mol. The van der Waals surface area contributed by atoms with Crippen LogP contribution in [-0.2, 0) is 12.5 Å². The predicted octanol–water partition coefficient (Wildman–Crippen LogP) is 1.03. The number of carboxylic acids is 1. The molecule has 3 aliphatic heterocycles. The molecule has 0 aliphatic carbocycles. The summed E-state index contributed by atoms with van der Waals surface area (Å²) >= 11 is 0. The second-order valence-corrected chi connectivity index (χ2v) is 11.7. The number of hydrogen-bond donors (Lipinski definition) is 1. The van der Waals surface area contributed by atoms with E-state index in [1.165, 1.54) is 10.9 Å². The van der Waals surface area contributed by atoms with Crippen LogP contribution in [0.3, 0.4) is 0 Å². The number of tetrazole rings is 1. The van der Waals surface area contributed by atoms with E-state index in [1.54, 1.807) is 17.6 Å². The zero-order valence-electron chi connectivity index (χ0n) is 23.2. The molecule has 1 N–H and O–H groups in total. The molecule has 0 aromatic carbocycles. The molecular formula is C27H31N11O3. The molecule has 14 heteroatoms. The molecule has 3 fully saturated rings. The van der Waals surface area contributed by atoms with Gasteiger partial charge < -0.3 is 19.8 Å². The quantitative estimate of drug-likeness (QED) is 0.375. The smallest absolute Gasteiger partial charge is 0.354 e. The molecule has 14 nitrogen and oxygen atoms in total. The van der Waals surface area contributed by atoms with Crippen LogP contribution >= 0.6 is 0 Å². The Labute approximate surface area is 235 Å². The maximum absolute atomic E-state index is 13.5. The molecule has 3 saturated heterocycles. The number of aromatic nitrogens is 8. The molecule has 3 atom stereocenters. The summed E-state index contributed by atoms with van der Waals surface area (Å²) < 4.78 is 1.72. The zero-order valence-corrected chi connectivity index (χ0v) is 23.2. The van der Waals surface area contributed by atoms with Gasteiger partial charge in [0.2, 0.25) is 5.82 Å². The van der Waals surface area contributed by atoms with E-state index < -0.39 is 5.97 Å². The van der Waals surface area contributed by atoms with Gasteiger partial charge in [0.05, 0.1) is 24.3 Å². The molecule has 1 unspecified atom stereocenters. The fourth-order valence-electron chi connectivity index (χ4n) is 6.49. The molecule has 7 rings (SSSR count). The second kappa shape index (κ2) is 9.21. The Morgan fingerprint density at radius 3 is 2.54 bits per heavy atom. The summed E-state index contributed by atoms with van der Waals surface area (Å²) in [4.78, 5) is 41.5. The number of carboxylic acid groups (broad SMARTS) is 1. The van der Waals surface area contributed by atoms with Crippen molar-refractivity contribution < 1.29 is 14.7 Å². The molecule has 0 bridgehead atoms. The first-order chi connectivity index (χ1) is 19.7. The number of hydrogen-bond acceptors (Lipinski definition) is 10. The van der Waals surface area contributed by atoms with Crippen molar-refractivity contribution in [2.24, 2.45) is 18.9 Å². The minimum absolute atomic E-state index is 0.0361. The van der Waals surface area contributed by atoms with Crippen LogP contribution in [0.25, 0.3) is 5.65 Å². The van der Waals surface area contributed by atoms with Crippen molar-refractivity contribution in [3.05, 3.63) is 53.4 Å². The lowest BCUT2D eigenvalue weighted by molar-refractivity contribution is 0.0689. The molecule has 7 heterocycles. The summed E-state index contributed by atoms with van der Waals surface area (Å²) in [7, 11) is 1.77. The summed E-state index contributed by atoms with van der Waals surface area (Å²) in [5.41, 5.74) is 2.48. The Hall–Kier alpha value is -4.62. The number of nitrogens with zero attached hydrogens (tertiary/aromatic N) is 11. The van der Waals surface area contributed by atoms with Crippen LogP contribution in [0, 0.1) is 18.8 Å². The fraction of sp³-hybridized carbons (Fsp3) is 0.481. The van der Waals surface area contributed by atoms with Gasteiger partial charge in [0, 0.05) is 51.1 Å². The topological polar surface area (TPSA) is 151 Å². The monoisotopic (exact) mass is 557 g/mol. The third-order valence-corrected chi connectivity index (χ3v) is 8.73. The van der Waals surface area contributed by atoms with Gasteiger partial charge in [-0.25, -0.2) is 19.3 Å². The molecule has 212 valence electrons. The fourth-order valence-corrected chi connectivity index (χ4v) is 6.49. The number of carbonyl (C=O) groups excluding carboxylic acids is 1. The zero-order chi connectivity index (χ0) is 28.5. The van der Waals surface area contributed by atoms with Gasteiger partial charge in [-0.2, -0.15) is 4.80 Å². The second-order valence-electron chi connectivity index (χ2n) is 11.7. The van der Waals surface area contributed by atoms with Crippen LogP contribution in [0.1, 0.15) is 45.8 Å². The first kappa shape index (κ1) is 25.4. The van der Waals surface area contributed by atoms with Crippen molar-refractivity contribution in [1.82, 2.24) is 44.7 Å². The lowest BCUT2D eigenvalue weighted by atomic mass is 9.89. The van der Waals surface area contributed by atoms with E-state index in [2.05, 4.69) is 53.3 Å². The highest BCUT2D eigenvalue weighted by Gasteiger charge is 2.43. The maximum Gasteiger partial charge on any atom is 0.354 e. The lowest BCUT2D eigenvalue weighted by Gasteiger charge is -2.23. The van der Waals surface area contributed by atoms with Crippen molar-refractivity contribution in [2.75, 3.05) is 49.1 Å². The highest BCUT2D eigenvalue weighted by Crippen LogP contribution is 2.36. The highest BCUT2D eigenvalue weighted by molar-refractivity contribution is 5.91. The van der Waals surface area contributed by atoms with Gasteiger partial charge in [0.1, 0.15) is 5.82 Å². The van der Waals surface area contributed by atoms with Gasteiger partial charge in [0.25, 0.3) is 5.91 Å². The number of aryl methyl sites for hydroxylation is 2. The van der Waals surface area contributed by atoms with Crippen LogP contribution < -0.4 is 9.80 Å². The largest absolute Gasteiger partial charge is 0.477 e. The summed E-state index contributed by atoms with van der Waals surface area (Å²) in [6.07, 6.45) is 2.85. The average molecular weight is 558 g/mol. The first-order valence-electron chi connectivity index (χ1n) is 13.8. The number of anilines is 2. The molecule has 0 radical (unpaired) electrons. The molecule has 41 heavy (non-hydrogen) atoms. The van der Waals surface area contributed by atoms with E-state index in [-0.39, 0.29) is 34.7 Å². The van der Waals surface area contributed by atoms with E-state index in [0.29, 0.717) is 24.6 Å². The molecule has 0 spiro atoms. The van der Waals surface area contributed by atoms with Crippen molar-refractivity contribution in [1.29, 1.82) is 0 Å². The van der Waals surface area contributed by atoms with Gasteiger partial charge in [-0.05, 0) is 42.3 Å².